The van der Waals surface area contributed by atoms with Crippen molar-refractivity contribution >= 4 is 39.3 Å². The lowest BCUT2D eigenvalue weighted by molar-refractivity contribution is -0.385. The first kappa shape index (κ1) is 10.2. The van der Waals surface area contributed by atoms with Gasteiger partial charge < -0.3 is 0 Å². The second-order valence-corrected chi connectivity index (χ2v) is 3.49. The maximum Gasteiger partial charge on any atom is 0.296 e. The van der Waals surface area contributed by atoms with Gasteiger partial charge in [-0.25, -0.2) is 0 Å². The molecule has 1 aromatic carbocycles. The van der Waals surface area contributed by atoms with Crippen molar-refractivity contribution in [1.82, 2.24) is 0 Å². The van der Waals surface area contributed by atoms with Crippen LogP contribution in [-0.4, -0.2) is 4.92 Å². The number of nitro groups is 1. The van der Waals surface area contributed by atoms with Gasteiger partial charge in [0.05, 0.1) is 10.5 Å². The molecule has 0 atom stereocenters. The van der Waals surface area contributed by atoms with Crippen LogP contribution in [0.4, 0.5) is 5.69 Å². The second kappa shape index (κ2) is 3.89. The molecule has 0 N–H and O–H groups in total. The van der Waals surface area contributed by atoms with Crippen molar-refractivity contribution in [2.75, 3.05) is 0 Å². The molecule has 68 valence electrons. The molecule has 0 saturated heterocycles. The van der Waals surface area contributed by atoms with Crippen molar-refractivity contribution in [2.24, 2.45) is 0 Å². The van der Waals surface area contributed by atoms with E-state index in [0.29, 0.717) is 10.0 Å². The zero-order valence-corrected chi connectivity index (χ0v) is 8.80. The zero-order valence-electron chi connectivity index (χ0n) is 6.46. The van der Waals surface area contributed by atoms with Gasteiger partial charge in [-0.1, -0.05) is 24.3 Å². The number of benzene rings is 1. The molecule has 0 fully saturated rings. The van der Waals surface area contributed by atoms with Crippen LogP contribution in [0.2, 0.25) is 5.02 Å². The molecule has 0 bridgehead atoms. The van der Waals surface area contributed by atoms with Crippen molar-refractivity contribution in [2.45, 2.75) is 0 Å². The van der Waals surface area contributed by atoms with Crippen LogP contribution in [0.3, 0.4) is 0 Å². The van der Waals surface area contributed by atoms with E-state index in [1.807, 2.05) is 0 Å². The van der Waals surface area contributed by atoms with E-state index in [0.717, 1.165) is 0 Å². The fourth-order valence-corrected chi connectivity index (χ4v) is 1.47. The summed E-state index contributed by atoms with van der Waals surface area (Å²) in [5.74, 6) is 0. The minimum absolute atomic E-state index is 0.0994. The lowest BCUT2D eigenvalue weighted by Crippen LogP contribution is -1.92. The lowest BCUT2D eigenvalue weighted by atomic mass is 10.2. The van der Waals surface area contributed by atoms with Crippen molar-refractivity contribution < 1.29 is 4.92 Å². The molecule has 1 aromatic rings. The number of hydrogen-bond donors (Lipinski definition) is 0. The molecule has 0 heterocycles. The van der Waals surface area contributed by atoms with Gasteiger partial charge in [0.15, 0.2) is 0 Å². The Labute approximate surface area is 88.3 Å². The molecule has 0 unspecified atom stereocenters. The van der Waals surface area contributed by atoms with E-state index < -0.39 is 4.92 Å². The quantitative estimate of drug-likeness (QED) is 0.603. The first-order valence-corrected chi connectivity index (χ1v) is 4.50. The predicted molar refractivity (Wildman–Crippen MR) is 55.9 cm³/mol. The number of hydrogen-bond acceptors (Lipinski definition) is 2. The van der Waals surface area contributed by atoms with Gasteiger partial charge in [0, 0.05) is 4.47 Å². The number of nitro benzene ring substituents is 1. The highest BCUT2D eigenvalue weighted by molar-refractivity contribution is 9.10. The highest BCUT2D eigenvalue weighted by Crippen LogP contribution is 2.35. The van der Waals surface area contributed by atoms with Crippen LogP contribution in [0, 0.1) is 10.1 Å². The first-order valence-electron chi connectivity index (χ1n) is 3.32. The zero-order chi connectivity index (χ0) is 10.0. The Morgan fingerprint density at radius 1 is 1.62 bits per heavy atom. The van der Waals surface area contributed by atoms with Gasteiger partial charge in [0.25, 0.3) is 5.69 Å². The summed E-state index contributed by atoms with van der Waals surface area (Å²) in [5.41, 5.74) is 0.296. The predicted octanol–water partition coefficient (Wildman–Crippen LogP) is 3.65. The van der Waals surface area contributed by atoms with Crippen LogP contribution in [0.5, 0.6) is 0 Å². The highest BCUT2D eigenvalue weighted by atomic mass is 79.9. The molecule has 0 aliphatic rings. The molecule has 0 radical (unpaired) electrons. The van der Waals surface area contributed by atoms with Gasteiger partial charge in [-0.05, 0) is 28.1 Å². The fraction of sp³-hybridized carbons (Fsp3) is 0. The highest BCUT2D eigenvalue weighted by Gasteiger charge is 2.18. The Morgan fingerprint density at radius 2 is 2.23 bits per heavy atom. The third-order valence-electron chi connectivity index (χ3n) is 1.50. The molecule has 0 aromatic heterocycles. The molecular weight excluding hydrogens is 257 g/mol. The normalized spacial score (nSPS) is 9.69. The smallest absolute Gasteiger partial charge is 0.258 e. The Morgan fingerprint density at radius 3 is 2.69 bits per heavy atom. The van der Waals surface area contributed by atoms with E-state index in [-0.39, 0.29) is 10.7 Å². The van der Waals surface area contributed by atoms with Gasteiger partial charge in [-0.15, -0.1) is 0 Å². The Hall–Kier alpha value is -0.870. The van der Waals surface area contributed by atoms with Crippen LogP contribution < -0.4 is 0 Å². The van der Waals surface area contributed by atoms with Gasteiger partial charge in [0.2, 0.25) is 0 Å². The van der Waals surface area contributed by atoms with E-state index in [1.54, 1.807) is 12.1 Å². The van der Waals surface area contributed by atoms with E-state index in [2.05, 4.69) is 22.5 Å². The van der Waals surface area contributed by atoms with E-state index in [4.69, 9.17) is 11.6 Å². The Bertz CT molecular complexity index is 379. The van der Waals surface area contributed by atoms with Crippen molar-refractivity contribution in [3.63, 3.8) is 0 Å². The summed E-state index contributed by atoms with van der Waals surface area (Å²) >= 11 is 8.84. The molecule has 0 aliphatic carbocycles. The summed E-state index contributed by atoms with van der Waals surface area (Å²) in [4.78, 5) is 10.1. The Balaban J connectivity index is 3.50. The van der Waals surface area contributed by atoms with Crippen LogP contribution in [0.25, 0.3) is 6.08 Å². The summed E-state index contributed by atoms with van der Waals surface area (Å²) in [6.07, 6.45) is 1.40. The molecule has 13 heavy (non-hydrogen) atoms. The summed E-state index contributed by atoms with van der Waals surface area (Å²) < 4.78 is 0.506. The fourth-order valence-electron chi connectivity index (χ4n) is 0.905. The maximum atomic E-state index is 10.6. The minimum atomic E-state index is -0.524. The van der Waals surface area contributed by atoms with Crippen LogP contribution >= 0.6 is 27.5 Å². The summed E-state index contributed by atoms with van der Waals surface area (Å²) in [7, 11) is 0. The first-order chi connectivity index (χ1) is 6.07. The lowest BCUT2D eigenvalue weighted by Gasteiger charge is -2.00. The summed E-state index contributed by atoms with van der Waals surface area (Å²) in [5, 5.41) is 10.7. The Kier molecular flexibility index (Phi) is 3.06. The average Bonchev–Trinajstić information content (AvgIpc) is 2.08. The number of rotatable bonds is 2. The van der Waals surface area contributed by atoms with Gasteiger partial charge in [-0.3, -0.25) is 10.1 Å². The number of halogens is 2. The molecule has 5 heteroatoms. The maximum absolute atomic E-state index is 10.6. The third-order valence-corrected chi connectivity index (χ3v) is 2.77. The summed E-state index contributed by atoms with van der Waals surface area (Å²) in [6, 6.07) is 3.23. The monoisotopic (exact) mass is 261 g/mol. The summed E-state index contributed by atoms with van der Waals surface area (Å²) in [6.45, 7) is 3.47. The van der Waals surface area contributed by atoms with Gasteiger partial charge in [0.1, 0.15) is 5.02 Å². The molecule has 0 amide bonds. The SMILES string of the molecule is C=Cc1ccc(Br)c(Cl)c1[N+](=O)[O-]. The number of nitrogens with zero attached hydrogens (tertiary/aromatic N) is 1. The average molecular weight is 262 g/mol. The van der Waals surface area contributed by atoms with Crippen molar-refractivity contribution in [3.05, 3.63) is 43.9 Å². The minimum Gasteiger partial charge on any atom is -0.258 e. The molecule has 0 aliphatic heterocycles. The second-order valence-electron chi connectivity index (χ2n) is 2.26. The standard InChI is InChI=1S/C8H5BrClNO2/c1-2-5-3-4-6(9)7(10)8(5)11(12)13/h2-4H,1H2. The molecule has 3 nitrogen and oxygen atoms in total. The van der Waals surface area contributed by atoms with Crippen LogP contribution in [0.1, 0.15) is 5.56 Å². The van der Waals surface area contributed by atoms with Crippen LogP contribution in [0.15, 0.2) is 23.2 Å². The van der Waals surface area contributed by atoms with E-state index in [1.165, 1.54) is 6.08 Å². The molecular formula is C8H5BrClNO2. The van der Waals surface area contributed by atoms with Gasteiger partial charge >= 0.3 is 0 Å². The van der Waals surface area contributed by atoms with Gasteiger partial charge in [-0.2, -0.15) is 0 Å². The molecule has 0 saturated carbocycles. The van der Waals surface area contributed by atoms with E-state index >= 15 is 0 Å². The van der Waals surface area contributed by atoms with Crippen molar-refractivity contribution in [1.29, 1.82) is 0 Å². The molecule has 1 rings (SSSR count). The van der Waals surface area contributed by atoms with Crippen LogP contribution in [-0.2, 0) is 0 Å². The van der Waals surface area contributed by atoms with E-state index in [9.17, 15) is 10.1 Å². The molecule has 0 spiro atoms. The largest absolute Gasteiger partial charge is 0.296 e. The third kappa shape index (κ3) is 1.89. The van der Waals surface area contributed by atoms with Crippen molar-refractivity contribution in [3.8, 4) is 0 Å². The topological polar surface area (TPSA) is 43.1 Å².